The van der Waals surface area contributed by atoms with E-state index in [1.54, 1.807) is 12.5 Å². The maximum Gasteiger partial charge on any atom is 0.355 e. The molecule has 1 saturated heterocycles. The summed E-state index contributed by atoms with van der Waals surface area (Å²) in [7, 11) is 2.08. The van der Waals surface area contributed by atoms with Crippen molar-refractivity contribution in [2.45, 2.75) is 32.4 Å². The number of aromatic amines is 2. The quantitative estimate of drug-likeness (QED) is 0.446. The molecule has 2 amide bonds. The number of likely N-dealkylation sites (tertiary alicyclic amines) is 1. The molecular formula is C21H26N9O+. The molecule has 1 aliphatic carbocycles. The molecule has 0 spiro atoms. The fourth-order valence-electron chi connectivity index (χ4n) is 5.09. The number of rotatable bonds is 4. The second-order valence-electron chi connectivity index (χ2n) is 8.43. The standard InChI is InChI=1S/C21H25N9O/c1-4-30-12-25-20(27-30)26-21(31)29-10-13-7-15(8-14(13)11-29)28(3)18-16-5-6-23-19(16)24-9-17(18)22-2/h5-6,9,12-15H,4,7-8,10-11H2,1,3H3,(H2,23,24,26,27,31)/p+1/t13-,14+,15?. The lowest BCUT2D eigenvalue weighted by atomic mass is 10.0. The van der Waals surface area contributed by atoms with E-state index in [1.165, 1.54) is 0 Å². The lowest BCUT2D eigenvalue weighted by molar-refractivity contribution is -0.747. The Kier molecular flexibility index (Phi) is 4.73. The van der Waals surface area contributed by atoms with Gasteiger partial charge in [0.1, 0.15) is 12.2 Å². The number of carbonyl (C=O) groups excluding carboxylic acids is 1. The average molecular weight is 421 g/mol. The van der Waals surface area contributed by atoms with Gasteiger partial charge in [-0.15, -0.1) is 0 Å². The molecule has 0 radical (unpaired) electrons. The SMILES string of the molecule is [C-]#[N+]c1cnc2[nH]ccc2c1N(C)C1C[C@@H]2CN(C(=O)Nc3nc[n+](CC)[nH]3)C[C@@H]2C1. The molecule has 0 aromatic carbocycles. The van der Waals surface area contributed by atoms with Crippen LogP contribution >= 0.6 is 0 Å². The molecule has 1 aliphatic heterocycles. The molecule has 3 aromatic heterocycles. The number of nitrogens with one attached hydrogen (secondary N) is 3. The van der Waals surface area contributed by atoms with E-state index in [0.717, 1.165) is 49.2 Å². The molecular weight excluding hydrogens is 394 g/mol. The topological polar surface area (TPSA) is 101 Å². The van der Waals surface area contributed by atoms with Crippen molar-refractivity contribution in [3.63, 3.8) is 0 Å². The molecule has 1 unspecified atom stereocenters. The van der Waals surface area contributed by atoms with Crippen LogP contribution in [0.2, 0.25) is 0 Å². The highest BCUT2D eigenvalue weighted by Crippen LogP contribution is 2.44. The first-order valence-corrected chi connectivity index (χ1v) is 10.6. The molecule has 2 aliphatic rings. The minimum atomic E-state index is -0.102. The Bertz CT molecular complexity index is 1150. The van der Waals surface area contributed by atoms with Gasteiger partial charge in [0.15, 0.2) is 0 Å². The number of amides is 2. The number of hydrogen-bond donors (Lipinski definition) is 3. The third-order valence-corrected chi connectivity index (χ3v) is 6.71. The summed E-state index contributed by atoms with van der Waals surface area (Å²) in [6, 6.07) is 2.23. The fraction of sp³-hybridized carbons (Fsp3) is 0.476. The van der Waals surface area contributed by atoms with E-state index in [-0.39, 0.29) is 6.03 Å². The summed E-state index contributed by atoms with van der Waals surface area (Å²) < 4.78 is 1.81. The highest BCUT2D eigenvalue weighted by molar-refractivity contribution is 5.97. The van der Waals surface area contributed by atoms with Crippen molar-refractivity contribution in [3.05, 3.63) is 36.2 Å². The van der Waals surface area contributed by atoms with Crippen LogP contribution in [0.15, 0.2) is 24.8 Å². The second-order valence-corrected chi connectivity index (χ2v) is 8.43. The fourth-order valence-corrected chi connectivity index (χ4v) is 5.09. The maximum absolute atomic E-state index is 12.7. The molecule has 10 nitrogen and oxygen atoms in total. The van der Waals surface area contributed by atoms with Crippen molar-refractivity contribution < 1.29 is 9.48 Å². The molecule has 2 fully saturated rings. The first-order valence-electron chi connectivity index (χ1n) is 10.6. The normalized spacial score (nSPS) is 22.5. The van der Waals surface area contributed by atoms with Crippen LogP contribution in [0.4, 0.5) is 22.1 Å². The highest BCUT2D eigenvalue weighted by Gasteiger charge is 2.44. The van der Waals surface area contributed by atoms with E-state index < -0.39 is 0 Å². The van der Waals surface area contributed by atoms with Crippen molar-refractivity contribution >= 4 is 34.4 Å². The van der Waals surface area contributed by atoms with E-state index in [1.807, 2.05) is 28.8 Å². The molecule has 3 N–H and O–H groups in total. The molecule has 1 saturated carbocycles. The molecule has 5 rings (SSSR count). The molecule has 3 atom stereocenters. The van der Waals surface area contributed by atoms with Gasteiger partial charge in [-0.25, -0.2) is 9.64 Å². The summed E-state index contributed by atoms with van der Waals surface area (Å²) >= 11 is 0. The zero-order valence-corrected chi connectivity index (χ0v) is 17.7. The number of carbonyl (C=O) groups is 1. The number of H-pyrrole nitrogens is 2. The van der Waals surface area contributed by atoms with E-state index in [9.17, 15) is 4.79 Å². The van der Waals surface area contributed by atoms with Crippen molar-refractivity contribution in [3.8, 4) is 0 Å². The summed E-state index contributed by atoms with van der Waals surface area (Å²) in [6.45, 7) is 11.9. The van der Waals surface area contributed by atoms with E-state index in [4.69, 9.17) is 6.57 Å². The maximum atomic E-state index is 12.7. The van der Waals surface area contributed by atoms with Crippen LogP contribution < -0.4 is 14.9 Å². The van der Waals surface area contributed by atoms with Crippen molar-refractivity contribution in [1.82, 2.24) is 25.0 Å². The van der Waals surface area contributed by atoms with Crippen LogP contribution in [0, 0.1) is 18.4 Å². The molecule has 0 bridgehead atoms. The molecule has 10 heteroatoms. The molecule has 3 aromatic rings. The number of aromatic nitrogens is 5. The number of hydrogen-bond acceptors (Lipinski definition) is 4. The minimum absolute atomic E-state index is 0.102. The Morgan fingerprint density at radius 3 is 2.84 bits per heavy atom. The Morgan fingerprint density at radius 1 is 1.39 bits per heavy atom. The van der Waals surface area contributed by atoms with Gasteiger partial charge in [0.25, 0.3) is 0 Å². The number of nitrogens with zero attached hydrogens (tertiary/aromatic N) is 6. The Morgan fingerprint density at radius 2 is 2.16 bits per heavy atom. The first kappa shape index (κ1) is 19.4. The Hall–Kier alpha value is -3.61. The summed E-state index contributed by atoms with van der Waals surface area (Å²) in [4.78, 5) is 32.2. The van der Waals surface area contributed by atoms with Crippen molar-refractivity contribution in [2.24, 2.45) is 11.8 Å². The van der Waals surface area contributed by atoms with Crippen LogP contribution in [0.25, 0.3) is 15.9 Å². The minimum Gasteiger partial charge on any atom is -0.380 e. The number of aryl methyl sites for hydroxylation is 1. The van der Waals surface area contributed by atoms with Gasteiger partial charge in [-0.3, -0.25) is 10.3 Å². The monoisotopic (exact) mass is 420 g/mol. The summed E-state index contributed by atoms with van der Waals surface area (Å²) in [5, 5.41) is 6.89. The summed E-state index contributed by atoms with van der Waals surface area (Å²) in [5.74, 6) is 1.41. The van der Waals surface area contributed by atoms with Gasteiger partial charge in [-0.1, -0.05) is 0 Å². The predicted molar refractivity (Wildman–Crippen MR) is 116 cm³/mol. The largest absolute Gasteiger partial charge is 0.380 e. The average Bonchev–Trinajstić information content (AvgIpc) is 3.54. The molecule has 4 heterocycles. The van der Waals surface area contributed by atoms with E-state index in [0.29, 0.717) is 29.5 Å². The van der Waals surface area contributed by atoms with Crippen LogP contribution in [-0.4, -0.2) is 57.2 Å². The van der Waals surface area contributed by atoms with E-state index in [2.05, 4.69) is 42.2 Å². The Balaban J connectivity index is 1.26. The van der Waals surface area contributed by atoms with E-state index >= 15 is 0 Å². The van der Waals surface area contributed by atoms with Gasteiger partial charge in [0, 0.05) is 44.0 Å². The second kappa shape index (κ2) is 7.58. The summed E-state index contributed by atoms with van der Waals surface area (Å²) in [5.41, 5.74) is 2.33. The van der Waals surface area contributed by atoms with Crippen LogP contribution in [-0.2, 0) is 6.54 Å². The van der Waals surface area contributed by atoms with Crippen LogP contribution in [0.5, 0.6) is 0 Å². The summed E-state index contributed by atoms with van der Waals surface area (Å²) in [6.07, 6.45) is 7.20. The number of pyridine rings is 1. The first-order chi connectivity index (χ1) is 15.1. The predicted octanol–water partition coefficient (Wildman–Crippen LogP) is 2.52. The van der Waals surface area contributed by atoms with Gasteiger partial charge in [0.2, 0.25) is 5.69 Å². The zero-order valence-electron chi connectivity index (χ0n) is 17.7. The van der Waals surface area contributed by atoms with Gasteiger partial charge < -0.3 is 14.8 Å². The van der Waals surface area contributed by atoms with Crippen LogP contribution in [0.3, 0.4) is 0 Å². The van der Waals surface area contributed by atoms with Crippen molar-refractivity contribution in [1.29, 1.82) is 0 Å². The lowest BCUT2D eigenvalue weighted by Gasteiger charge is -2.30. The molecule has 160 valence electrons. The highest BCUT2D eigenvalue weighted by atomic mass is 16.2. The van der Waals surface area contributed by atoms with Gasteiger partial charge >= 0.3 is 18.3 Å². The van der Waals surface area contributed by atoms with Crippen LogP contribution in [0.1, 0.15) is 19.8 Å². The Labute approximate surface area is 180 Å². The number of fused-ring (bicyclic) bond motifs is 2. The smallest absolute Gasteiger partial charge is 0.355 e. The van der Waals surface area contributed by atoms with Gasteiger partial charge in [0.05, 0.1) is 12.3 Å². The number of anilines is 2. The van der Waals surface area contributed by atoms with Gasteiger partial charge in [-0.2, -0.15) is 9.78 Å². The van der Waals surface area contributed by atoms with Crippen molar-refractivity contribution in [2.75, 3.05) is 30.4 Å². The lowest BCUT2D eigenvalue weighted by Crippen LogP contribution is -2.37. The van der Waals surface area contributed by atoms with Gasteiger partial charge in [-0.05, 0) is 42.7 Å². The molecule has 31 heavy (non-hydrogen) atoms. The zero-order chi connectivity index (χ0) is 21.5. The number of urea groups is 1. The third kappa shape index (κ3) is 3.36. The third-order valence-electron chi connectivity index (χ3n) is 6.71.